The van der Waals surface area contributed by atoms with Crippen LogP contribution in [0.5, 0.6) is 0 Å². The molecule has 5 nitrogen and oxygen atoms in total. The second-order valence-corrected chi connectivity index (χ2v) is 6.37. The Kier molecular flexibility index (Phi) is 7.32. The lowest BCUT2D eigenvalue weighted by atomic mass is 9.82. The van der Waals surface area contributed by atoms with Gasteiger partial charge in [-0.2, -0.15) is 0 Å². The van der Waals surface area contributed by atoms with Crippen molar-refractivity contribution < 1.29 is 9.59 Å². The molecular formula is C15H21BrClN3O2. The molecule has 2 amide bonds. The molecule has 0 atom stereocenters. The number of halogens is 2. The van der Waals surface area contributed by atoms with Crippen molar-refractivity contribution in [2.75, 3.05) is 11.9 Å². The Hall–Kier alpha value is -1.11. The Balaban J connectivity index is 0.00000242. The number of anilines is 1. The quantitative estimate of drug-likeness (QED) is 0.739. The van der Waals surface area contributed by atoms with Gasteiger partial charge in [0.1, 0.15) is 0 Å². The summed E-state index contributed by atoms with van der Waals surface area (Å²) in [6.07, 6.45) is 4.43. The molecule has 0 aliphatic heterocycles. The molecule has 0 spiro atoms. The number of hydrogen-bond acceptors (Lipinski definition) is 3. The summed E-state index contributed by atoms with van der Waals surface area (Å²) < 4.78 is 0.941. The molecule has 1 aliphatic rings. The fourth-order valence-electron chi connectivity index (χ4n) is 2.48. The minimum atomic E-state index is -0.809. The normalized spacial score (nSPS) is 16.3. The maximum absolute atomic E-state index is 12.1. The average molecular weight is 391 g/mol. The molecule has 0 saturated heterocycles. The summed E-state index contributed by atoms with van der Waals surface area (Å²) in [5.74, 6) is -0.488. The lowest BCUT2D eigenvalue weighted by Gasteiger charge is -2.31. The Morgan fingerprint density at radius 2 is 1.73 bits per heavy atom. The number of nitrogens with two attached hydrogens (primary N) is 1. The van der Waals surface area contributed by atoms with Crippen LogP contribution in [0.3, 0.4) is 0 Å². The zero-order valence-corrected chi connectivity index (χ0v) is 14.6. The average Bonchev–Trinajstić information content (AvgIpc) is 2.48. The number of carbonyl (C=O) groups is 2. The van der Waals surface area contributed by atoms with E-state index in [2.05, 4.69) is 26.6 Å². The van der Waals surface area contributed by atoms with E-state index in [1.54, 1.807) is 12.1 Å². The van der Waals surface area contributed by atoms with Crippen LogP contribution in [0, 0.1) is 0 Å². The van der Waals surface area contributed by atoms with Crippen molar-refractivity contribution in [2.45, 2.75) is 37.6 Å². The van der Waals surface area contributed by atoms with Crippen LogP contribution in [0.15, 0.2) is 28.7 Å². The van der Waals surface area contributed by atoms with Gasteiger partial charge in [0.15, 0.2) is 0 Å². The van der Waals surface area contributed by atoms with Gasteiger partial charge in [-0.25, -0.2) is 0 Å². The fraction of sp³-hybridized carbons (Fsp3) is 0.467. The number of carbonyl (C=O) groups excluding carboxylic acids is 2. The summed E-state index contributed by atoms with van der Waals surface area (Å²) in [6, 6.07) is 7.25. The van der Waals surface area contributed by atoms with Crippen molar-refractivity contribution in [2.24, 2.45) is 5.73 Å². The molecular weight excluding hydrogens is 370 g/mol. The molecule has 1 saturated carbocycles. The van der Waals surface area contributed by atoms with E-state index >= 15 is 0 Å². The van der Waals surface area contributed by atoms with Crippen LogP contribution in [0.2, 0.25) is 0 Å². The lowest BCUT2D eigenvalue weighted by Crippen LogP contribution is -2.56. The summed E-state index contributed by atoms with van der Waals surface area (Å²) >= 11 is 3.33. The maximum Gasteiger partial charge on any atom is 0.243 e. The first kappa shape index (κ1) is 18.9. The summed E-state index contributed by atoms with van der Waals surface area (Å²) in [5, 5.41) is 5.36. The molecule has 7 heteroatoms. The van der Waals surface area contributed by atoms with Crippen LogP contribution in [0.4, 0.5) is 5.69 Å². The highest BCUT2D eigenvalue weighted by molar-refractivity contribution is 9.10. The molecule has 122 valence electrons. The number of rotatable bonds is 4. The second-order valence-electron chi connectivity index (χ2n) is 5.45. The Bertz CT molecular complexity index is 516. The molecule has 4 N–H and O–H groups in total. The van der Waals surface area contributed by atoms with E-state index in [1.807, 2.05) is 12.1 Å². The lowest BCUT2D eigenvalue weighted by molar-refractivity contribution is -0.129. The van der Waals surface area contributed by atoms with Gasteiger partial charge in [0, 0.05) is 10.2 Å². The Labute approximate surface area is 144 Å². The van der Waals surface area contributed by atoms with E-state index in [4.69, 9.17) is 5.73 Å². The van der Waals surface area contributed by atoms with Crippen molar-refractivity contribution in [3.8, 4) is 0 Å². The van der Waals surface area contributed by atoms with Gasteiger partial charge < -0.3 is 16.4 Å². The van der Waals surface area contributed by atoms with E-state index < -0.39 is 5.54 Å². The first-order valence-electron chi connectivity index (χ1n) is 7.12. The summed E-state index contributed by atoms with van der Waals surface area (Å²) in [6.45, 7) is -0.0617. The molecule has 0 unspecified atom stereocenters. The smallest absolute Gasteiger partial charge is 0.243 e. The van der Waals surface area contributed by atoms with Gasteiger partial charge in [0.25, 0.3) is 0 Å². The number of hydrogen-bond donors (Lipinski definition) is 3. The molecule has 1 fully saturated rings. The molecule has 0 bridgehead atoms. The predicted octanol–water partition coefficient (Wildman–Crippen LogP) is 2.59. The van der Waals surface area contributed by atoms with Crippen molar-refractivity contribution in [3.63, 3.8) is 0 Å². The highest BCUT2D eigenvalue weighted by Gasteiger charge is 2.35. The Morgan fingerprint density at radius 3 is 2.32 bits per heavy atom. The van der Waals surface area contributed by atoms with Gasteiger partial charge in [0.05, 0.1) is 12.1 Å². The molecule has 1 aromatic rings. The van der Waals surface area contributed by atoms with Crippen molar-refractivity contribution >= 4 is 45.8 Å². The highest BCUT2D eigenvalue weighted by Crippen LogP contribution is 2.25. The van der Waals surface area contributed by atoms with E-state index in [1.165, 1.54) is 0 Å². The van der Waals surface area contributed by atoms with Crippen LogP contribution in [-0.2, 0) is 9.59 Å². The van der Waals surface area contributed by atoms with Gasteiger partial charge in [0.2, 0.25) is 11.8 Å². The van der Waals surface area contributed by atoms with Crippen LogP contribution in [0.25, 0.3) is 0 Å². The highest BCUT2D eigenvalue weighted by atomic mass is 79.9. The standard InChI is InChI=1S/C15H20BrN3O2.ClH/c16-11-4-6-12(7-5-11)19-13(20)10-18-14(21)15(17)8-2-1-3-9-15;/h4-7H,1-3,8-10,17H2,(H,18,21)(H,19,20);1H. The number of nitrogens with one attached hydrogen (secondary N) is 2. The molecule has 2 rings (SSSR count). The van der Waals surface area contributed by atoms with E-state index in [0.29, 0.717) is 18.5 Å². The van der Waals surface area contributed by atoms with Gasteiger partial charge in [-0.15, -0.1) is 12.4 Å². The molecule has 0 radical (unpaired) electrons. The predicted molar refractivity (Wildman–Crippen MR) is 93.0 cm³/mol. The van der Waals surface area contributed by atoms with Crippen LogP contribution < -0.4 is 16.4 Å². The van der Waals surface area contributed by atoms with E-state index in [-0.39, 0.29) is 30.8 Å². The third-order valence-electron chi connectivity index (χ3n) is 3.74. The first-order chi connectivity index (χ1) is 9.99. The van der Waals surface area contributed by atoms with Gasteiger partial charge >= 0.3 is 0 Å². The van der Waals surface area contributed by atoms with Crippen molar-refractivity contribution in [1.29, 1.82) is 0 Å². The van der Waals surface area contributed by atoms with Crippen LogP contribution >= 0.6 is 28.3 Å². The maximum atomic E-state index is 12.1. The second kappa shape index (κ2) is 8.50. The molecule has 22 heavy (non-hydrogen) atoms. The third-order valence-corrected chi connectivity index (χ3v) is 4.26. The Morgan fingerprint density at radius 1 is 1.14 bits per heavy atom. The molecule has 1 aromatic carbocycles. The van der Waals surface area contributed by atoms with Crippen molar-refractivity contribution in [1.82, 2.24) is 5.32 Å². The summed E-state index contributed by atoms with van der Waals surface area (Å²) in [5.41, 5.74) is 5.99. The molecule has 0 aromatic heterocycles. The topological polar surface area (TPSA) is 84.2 Å². The SMILES string of the molecule is Cl.NC1(C(=O)NCC(=O)Nc2ccc(Br)cc2)CCCCC1. The molecule has 0 heterocycles. The van der Waals surface area contributed by atoms with Gasteiger partial charge in [-0.1, -0.05) is 35.2 Å². The monoisotopic (exact) mass is 389 g/mol. The number of benzene rings is 1. The zero-order chi connectivity index (χ0) is 15.3. The van der Waals surface area contributed by atoms with E-state index in [9.17, 15) is 9.59 Å². The van der Waals surface area contributed by atoms with Crippen molar-refractivity contribution in [3.05, 3.63) is 28.7 Å². The number of amides is 2. The van der Waals surface area contributed by atoms with Crippen LogP contribution in [-0.4, -0.2) is 23.9 Å². The largest absolute Gasteiger partial charge is 0.345 e. The van der Waals surface area contributed by atoms with Gasteiger partial charge in [-0.3, -0.25) is 9.59 Å². The minimum Gasteiger partial charge on any atom is -0.345 e. The summed E-state index contributed by atoms with van der Waals surface area (Å²) in [7, 11) is 0. The first-order valence-corrected chi connectivity index (χ1v) is 7.91. The van der Waals surface area contributed by atoms with E-state index in [0.717, 1.165) is 23.7 Å². The summed E-state index contributed by atoms with van der Waals surface area (Å²) in [4.78, 5) is 23.9. The fourth-order valence-corrected chi connectivity index (χ4v) is 2.75. The van der Waals surface area contributed by atoms with Gasteiger partial charge in [-0.05, 0) is 37.1 Å². The third kappa shape index (κ3) is 5.26. The van der Waals surface area contributed by atoms with Crippen LogP contribution in [0.1, 0.15) is 32.1 Å². The minimum absolute atomic E-state index is 0. The zero-order valence-electron chi connectivity index (χ0n) is 12.2. The molecule has 1 aliphatic carbocycles.